The standard InChI is InChI=1S/C13H14BrN3OS2/c1-9-15-16-13(20-9)19-8-12(18)17(2)7-10-5-3-4-6-11(10)14/h3-6H,7-8H2,1-2H3. The molecule has 1 heterocycles. The number of amides is 1. The molecule has 2 rings (SSSR count). The van der Waals surface area contributed by atoms with Gasteiger partial charge in [0.2, 0.25) is 5.91 Å². The molecule has 0 fully saturated rings. The van der Waals surface area contributed by atoms with Gasteiger partial charge < -0.3 is 4.90 Å². The molecule has 1 aromatic heterocycles. The van der Waals surface area contributed by atoms with Gasteiger partial charge in [-0.15, -0.1) is 10.2 Å². The average molecular weight is 372 g/mol. The Kier molecular flexibility index (Phi) is 5.56. The maximum atomic E-state index is 12.1. The van der Waals surface area contributed by atoms with Gasteiger partial charge in [-0.3, -0.25) is 4.79 Å². The van der Waals surface area contributed by atoms with Crippen molar-refractivity contribution in [1.82, 2.24) is 15.1 Å². The van der Waals surface area contributed by atoms with Crippen molar-refractivity contribution < 1.29 is 4.79 Å². The number of nitrogens with zero attached hydrogens (tertiary/aromatic N) is 3. The number of hydrogen-bond acceptors (Lipinski definition) is 5. The highest BCUT2D eigenvalue weighted by atomic mass is 79.9. The van der Waals surface area contributed by atoms with Crippen LogP contribution in [0.3, 0.4) is 0 Å². The van der Waals surface area contributed by atoms with Crippen molar-refractivity contribution in [3.63, 3.8) is 0 Å². The van der Waals surface area contributed by atoms with Crippen LogP contribution in [0.4, 0.5) is 0 Å². The van der Waals surface area contributed by atoms with E-state index in [4.69, 9.17) is 0 Å². The van der Waals surface area contributed by atoms with Crippen molar-refractivity contribution in [2.24, 2.45) is 0 Å². The minimum Gasteiger partial charge on any atom is -0.341 e. The minimum atomic E-state index is 0.0820. The fraction of sp³-hybridized carbons (Fsp3) is 0.308. The molecule has 106 valence electrons. The lowest BCUT2D eigenvalue weighted by atomic mass is 10.2. The van der Waals surface area contributed by atoms with Gasteiger partial charge in [-0.05, 0) is 18.6 Å². The molecule has 0 saturated carbocycles. The van der Waals surface area contributed by atoms with E-state index < -0.39 is 0 Å². The quantitative estimate of drug-likeness (QED) is 0.755. The van der Waals surface area contributed by atoms with E-state index in [9.17, 15) is 4.79 Å². The lowest BCUT2D eigenvalue weighted by Crippen LogP contribution is -2.27. The predicted octanol–water partition coefficient (Wildman–Crippen LogP) is 3.36. The van der Waals surface area contributed by atoms with Crippen molar-refractivity contribution in [2.75, 3.05) is 12.8 Å². The summed E-state index contributed by atoms with van der Waals surface area (Å²) in [4.78, 5) is 13.8. The Morgan fingerprint density at radius 2 is 2.15 bits per heavy atom. The van der Waals surface area contributed by atoms with E-state index >= 15 is 0 Å². The zero-order valence-corrected chi connectivity index (χ0v) is 14.4. The third kappa shape index (κ3) is 4.29. The fourth-order valence-electron chi connectivity index (χ4n) is 1.54. The van der Waals surface area contributed by atoms with Crippen LogP contribution in [0.15, 0.2) is 33.1 Å². The monoisotopic (exact) mass is 371 g/mol. The van der Waals surface area contributed by atoms with Gasteiger partial charge in [-0.1, -0.05) is 57.2 Å². The van der Waals surface area contributed by atoms with Gasteiger partial charge in [-0.2, -0.15) is 0 Å². The third-order valence-corrected chi connectivity index (χ3v) is 5.35. The molecule has 0 radical (unpaired) electrons. The van der Waals surface area contributed by atoms with Gasteiger partial charge in [0.05, 0.1) is 5.75 Å². The van der Waals surface area contributed by atoms with Crippen LogP contribution in [0.25, 0.3) is 0 Å². The molecule has 20 heavy (non-hydrogen) atoms. The van der Waals surface area contributed by atoms with E-state index in [1.165, 1.54) is 23.1 Å². The summed E-state index contributed by atoms with van der Waals surface area (Å²) in [5, 5.41) is 8.85. The zero-order chi connectivity index (χ0) is 14.5. The van der Waals surface area contributed by atoms with E-state index in [1.54, 1.807) is 4.90 Å². The van der Waals surface area contributed by atoms with Gasteiger partial charge in [0.1, 0.15) is 5.01 Å². The summed E-state index contributed by atoms with van der Waals surface area (Å²) in [6.07, 6.45) is 0. The van der Waals surface area contributed by atoms with Crippen molar-refractivity contribution in [2.45, 2.75) is 17.8 Å². The number of rotatable bonds is 5. The average Bonchev–Trinajstić information content (AvgIpc) is 2.84. The molecule has 7 heteroatoms. The summed E-state index contributed by atoms with van der Waals surface area (Å²) in [5.74, 6) is 0.467. The molecular formula is C13H14BrN3OS2. The van der Waals surface area contributed by atoms with E-state index in [-0.39, 0.29) is 5.91 Å². The molecule has 0 spiro atoms. The Morgan fingerprint density at radius 3 is 2.80 bits per heavy atom. The van der Waals surface area contributed by atoms with Crippen LogP contribution >= 0.6 is 39.0 Å². The SMILES string of the molecule is Cc1nnc(SCC(=O)N(C)Cc2ccccc2Br)s1. The normalized spacial score (nSPS) is 10.6. The minimum absolute atomic E-state index is 0.0820. The number of thioether (sulfide) groups is 1. The predicted molar refractivity (Wildman–Crippen MR) is 86.0 cm³/mol. The molecule has 4 nitrogen and oxygen atoms in total. The third-order valence-electron chi connectivity index (χ3n) is 2.62. The molecule has 2 aromatic rings. The van der Waals surface area contributed by atoms with Gasteiger partial charge in [-0.25, -0.2) is 0 Å². The van der Waals surface area contributed by atoms with Crippen molar-refractivity contribution in [3.05, 3.63) is 39.3 Å². The zero-order valence-electron chi connectivity index (χ0n) is 11.2. The number of halogens is 1. The maximum Gasteiger partial charge on any atom is 0.233 e. The van der Waals surface area contributed by atoms with Crippen LogP contribution in [-0.2, 0) is 11.3 Å². The Labute approximate surface area is 134 Å². The lowest BCUT2D eigenvalue weighted by molar-refractivity contribution is -0.127. The Morgan fingerprint density at radius 1 is 1.40 bits per heavy atom. The summed E-state index contributed by atoms with van der Waals surface area (Å²) in [6, 6.07) is 7.92. The van der Waals surface area contributed by atoms with Gasteiger partial charge >= 0.3 is 0 Å². The van der Waals surface area contributed by atoms with Gasteiger partial charge in [0.25, 0.3) is 0 Å². The Hall–Kier alpha value is -0.920. The first-order valence-corrected chi connectivity index (χ1v) is 8.56. The number of aryl methyl sites for hydroxylation is 1. The molecule has 0 aliphatic rings. The Balaban J connectivity index is 1.87. The highest BCUT2D eigenvalue weighted by Gasteiger charge is 2.12. The topological polar surface area (TPSA) is 46.1 Å². The molecule has 0 N–H and O–H groups in total. The molecule has 1 aromatic carbocycles. The van der Waals surface area contributed by atoms with Crippen molar-refractivity contribution in [1.29, 1.82) is 0 Å². The smallest absolute Gasteiger partial charge is 0.233 e. The van der Waals surface area contributed by atoms with Crippen LogP contribution in [0.5, 0.6) is 0 Å². The summed E-state index contributed by atoms with van der Waals surface area (Å²) in [5.41, 5.74) is 1.10. The number of aromatic nitrogens is 2. The van der Waals surface area contributed by atoms with E-state index in [1.807, 2.05) is 38.2 Å². The summed E-state index contributed by atoms with van der Waals surface area (Å²) in [7, 11) is 1.81. The van der Waals surface area contributed by atoms with Crippen molar-refractivity contribution >= 4 is 44.9 Å². The highest BCUT2D eigenvalue weighted by Crippen LogP contribution is 2.22. The van der Waals surface area contributed by atoms with E-state index in [2.05, 4.69) is 26.1 Å². The molecular weight excluding hydrogens is 358 g/mol. The first kappa shape index (κ1) is 15.5. The van der Waals surface area contributed by atoms with E-state index in [0.717, 1.165) is 19.4 Å². The van der Waals surface area contributed by atoms with Crippen LogP contribution in [-0.4, -0.2) is 33.8 Å². The van der Waals surface area contributed by atoms with E-state index in [0.29, 0.717) is 12.3 Å². The van der Waals surface area contributed by atoms with Crippen molar-refractivity contribution in [3.8, 4) is 0 Å². The fourth-order valence-corrected chi connectivity index (χ4v) is 3.71. The molecule has 0 atom stereocenters. The Bertz CT molecular complexity index is 603. The first-order valence-electron chi connectivity index (χ1n) is 5.96. The summed E-state index contributed by atoms with van der Waals surface area (Å²) < 4.78 is 1.86. The molecule has 0 unspecified atom stereocenters. The van der Waals surface area contributed by atoms with Crippen LogP contribution in [0.1, 0.15) is 10.6 Å². The van der Waals surface area contributed by atoms with Crippen LogP contribution in [0.2, 0.25) is 0 Å². The molecule has 0 aliphatic carbocycles. The number of carbonyl (C=O) groups excluding carboxylic acids is 1. The molecule has 0 aliphatic heterocycles. The van der Waals surface area contributed by atoms with Crippen LogP contribution in [0, 0.1) is 6.92 Å². The second kappa shape index (κ2) is 7.19. The second-order valence-electron chi connectivity index (χ2n) is 4.22. The molecule has 1 amide bonds. The number of hydrogen-bond donors (Lipinski definition) is 0. The largest absolute Gasteiger partial charge is 0.341 e. The molecule has 0 saturated heterocycles. The first-order chi connectivity index (χ1) is 9.56. The lowest BCUT2D eigenvalue weighted by Gasteiger charge is -2.17. The number of carbonyl (C=O) groups is 1. The second-order valence-corrected chi connectivity index (χ2v) is 7.48. The molecule has 0 bridgehead atoms. The van der Waals surface area contributed by atoms with Gasteiger partial charge in [0, 0.05) is 18.1 Å². The van der Waals surface area contributed by atoms with Crippen LogP contribution < -0.4 is 0 Å². The number of benzene rings is 1. The highest BCUT2D eigenvalue weighted by molar-refractivity contribution is 9.10. The maximum absolute atomic E-state index is 12.1. The summed E-state index contributed by atoms with van der Waals surface area (Å²) >= 11 is 6.44. The van der Waals surface area contributed by atoms with Gasteiger partial charge in [0.15, 0.2) is 4.34 Å². The summed E-state index contributed by atoms with van der Waals surface area (Å²) in [6.45, 7) is 2.50.